The van der Waals surface area contributed by atoms with Gasteiger partial charge in [0.2, 0.25) is 0 Å². The van der Waals surface area contributed by atoms with Crippen LogP contribution in [0.5, 0.6) is 0 Å². The lowest BCUT2D eigenvalue weighted by atomic mass is 9.68. The first-order valence-corrected chi connectivity index (χ1v) is 18.5. The average Bonchev–Trinajstić information content (AvgIpc) is 3.68. The zero-order valence-corrected chi connectivity index (χ0v) is 29.1. The topological polar surface area (TPSA) is 0 Å². The Labute approximate surface area is 300 Å². The van der Waals surface area contributed by atoms with E-state index in [1.807, 2.05) is 13.8 Å². The number of allylic oxidation sites excluding steroid dienone is 4. The molecule has 0 aliphatic heterocycles. The van der Waals surface area contributed by atoms with E-state index in [-0.39, 0.29) is 5.41 Å². The lowest BCUT2D eigenvalue weighted by molar-refractivity contribution is 0.781. The van der Waals surface area contributed by atoms with Crippen LogP contribution in [-0.2, 0) is 5.41 Å². The van der Waals surface area contributed by atoms with Crippen molar-refractivity contribution in [1.82, 2.24) is 0 Å². The van der Waals surface area contributed by atoms with Gasteiger partial charge in [0.1, 0.15) is 0 Å². The summed E-state index contributed by atoms with van der Waals surface area (Å²) in [5, 5.41) is 7.78. The summed E-state index contributed by atoms with van der Waals surface area (Å²) in [5.41, 5.74) is 16.2. The van der Waals surface area contributed by atoms with Crippen molar-refractivity contribution < 1.29 is 0 Å². The Morgan fingerprint density at radius 2 is 0.902 bits per heavy atom. The molecular weight excluding hydrogens is 613 g/mol. The molecule has 0 bridgehead atoms. The Morgan fingerprint density at radius 3 is 1.55 bits per heavy atom. The van der Waals surface area contributed by atoms with Crippen LogP contribution in [0.25, 0.3) is 71.3 Å². The van der Waals surface area contributed by atoms with Gasteiger partial charge in [0, 0.05) is 0 Å². The van der Waals surface area contributed by atoms with Gasteiger partial charge < -0.3 is 0 Å². The van der Waals surface area contributed by atoms with E-state index < -0.39 is 0 Å². The van der Waals surface area contributed by atoms with Crippen LogP contribution >= 0.6 is 0 Å². The highest BCUT2D eigenvalue weighted by Gasteiger charge is 2.53. The molecule has 0 radical (unpaired) electrons. The summed E-state index contributed by atoms with van der Waals surface area (Å²) < 4.78 is 0. The van der Waals surface area contributed by atoms with Gasteiger partial charge in [-0.25, -0.2) is 0 Å². The minimum absolute atomic E-state index is 0.358. The molecule has 0 amide bonds. The van der Waals surface area contributed by atoms with E-state index in [1.54, 1.807) is 0 Å². The van der Waals surface area contributed by atoms with Crippen LogP contribution < -0.4 is 0 Å². The van der Waals surface area contributed by atoms with Crippen LogP contribution in [-0.4, -0.2) is 0 Å². The van der Waals surface area contributed by atoms with E-state index >= 15 is 0 Å². The molecule has 3 aliphatic rings. The first-order valence-electron chi connectivity index (χ1n) is 18.5. The second kappa shape index (κ2) is 11.5. The SMILES string of the molecule is C1=CC2=C(CC1)c1ccccc1C21c2ccccc2-c2c1cc(-c1c3ccccc3c(-c3ccccc3)c3ccccc13)c1ccccc21.CC. The Morgan fingerprint density at radius 1 is 0.412 bits per heavy atom. The summed E-state index contributed by atoms with van der Waals surface area (Å²) in [6.07, 6.45) is 7.03. The van der Waals surface area contributed by atoms with Gasteiger partial charge in [-0.3, -0.25) is 0 Å². The highest BCUT2D eigenvalue weighted by molar-refractivity contribution is 6.25. The number of rotatable bonds is 2. The molecule has 1 spiro atoms. The number of hydrogen-bond donors (Lipinski definition) is 0. The monoisotopic (exact) mass is 650 g/mol. The fourth-order valence-corrected chi connectivity index (χ4v) is 9.77. The average molecular weight is 651 g/mol. The molecule has 8 aromatic carbocycles. The van der Waals surface area contributed by atoms with Crippen molar-refractivity contribution in [2.45, 2.75) is 32.1 Å². The smallest absolute Gasteiger partial charge is 0.0722 e. The summed E-state index contributed by atoms with van der Waals surface area (Å²) >= 11 is 0. The Hall–Kier alpha value is -5.98. The molecule has 0 saturated carbocycles. The highest BCUT2D eigenvalue weighted by Crippen LogP contribution is 2.65. The van der Waals surface area contributed by atoms with Crippen LogP contribution in [0.15, 0.2) is 175 Å². The fraction of sp³-hybridized carbons (Fsp3) is 0.0980. The third kappa shape index (κ3) is 3.96. The van der Waals surface area contributed by atoms with Crippen molar-refractivity contribution in [3.05, 3.63) is 198 Å². The minimum Gasteiger partial charge on any atom is -0.0839 e. The molecule has 0 fully saturated rings. The van der Waals surface area contributed by atoms with Crippen molar-refractivity contribution >= 4 is 37.9 Å². The van der Waals surface area contributed by atoms with Crippen molar-refractivity contribution in [2.24, 2.45) is 0 Å². The predicted octanol–water partition coefficient (Wildman–Crippen LogP) is 13.9. The van der Waals surface area contributed by atoms with E-state index in [1.165, 1.54) is 99.1 Å². The largest absolute Gasteiger partial charge is 0.0839 e. The zero-order valence-electron chi connectivity index (χ0n) is 29.1. The molecule has 0 heterocycles. The predicted molar refractivity (Wildman–Crippen MR) is 218 cm³/mol. The van der Waals surface area contributed by atoms with Crippen molar-refractivity contribution in [3.8, 4) is 33.4 Å². The van der Waals surface area contributed by atoms with Crippen LogP contribution in [0.1, 0.15) is 48.9 Å². The van der Waals surface area contributed by atoms with E-state index in [9.17, 15) is 0 Å². The summed E-state index contributed by atoms with van der Waals surface area (Å²) in [7, 11) is 0. The first-order chi connectivity index (χ1) is 25.4. The molecule has 0 aromatic heterocycles. The molecule has 51 heavy (non-hydrogen) atoms. The molecule has 1 unspecified atom stereocenters. The van der Waals surface area contributed by atoms with E-state index in [4.69, 9.17) is 0 Å². The Balaban J connectivity index is 0.00000161. The molecule has 11 rings (SSSR count). The third-order valence-electron chi connectivity index (χ3n) is 11.5. The summed E-state index contributed by atoms with van der Waals surface area (Å²) in [4.78, 5) is 0. The second-order valence-electron chi connectivity index (χ2n) is 13.8. The minimum atomic E-state index is -0.358. The normalized spacial score (nSPS) is 16.6. The summed E-state index contributed by atoms with van der Waals surface area (Å²) in [6, 6.07) is 59.2. The maximum atomic E-state index is 2.60. The van der Waals surface area contributed by atoms with Crippen molar-refractivity contribution in [1.29, 1.82) is 0 Å². The standard InChI is InChI=1S/C49H32.C2H6/c1-2-16-31(17-3-1)46-36-22-6-8-24-38(36)47(39-25-9-7-23-37(39)46)41-30-45-48(35-21-5-4-18-32(35)41)40-26-12-15-29-44(40)49(45)42-27-13-10-19-33(42)34-20-11-14-28-43(34)49;1-2/h1-10,12-19,21-30H,11,20H2;1-2H3. The molecule has 0 nitrogen and oxygen atoms in total. The van der Waals surface area contributed by atoms with Gasteiger partial charge in [-0.1, -0.05) is 178 Å². The molecule has 8 aromatic rings. The van der Waals surface area contributed by atoms with E-state index in [2.05, 4.69) is 170 Å². The van der Waals surface area contributed by atoms with Gasteiger partial charge in [0.05, 0.1) is 5.41 Å². The molecule has 242 valence electrons. The molecule has 0 saturated heterocycles. The van der Waals surface area contributed by atoms with Gasteiger partial charge >= 0.3 is 0 Å². The zero-order chi connectivity index (χ0) is 34.1. The molecule has 0 N–H and O–H groups in total. The Bertz CT molecular complexity index is 2700. The number of hydrogen-bond acceptors (Lipinski definition) is 0. The highest BCUT2D eigenvalue weighted by atomic mass is 14.5. The molecular formula is C51H38. The molecule has 0 heteroatoms. The first kappa shape index (κ1) is 29.9. The lowest BCUT2D eigenvalue weighted by Gasteiger charge is -2.33. The third-order valence-corrected chi connectivity index (χ3v) is 11.5. The van der Waals surface area contributed by atoms with Gasteiger partial charge in [-0.15, -0.1) is 0 Å². The van der Waals surface area contributed by atoms with Gasteiger partial charge in [0.15, 0.2) is 0 Å². The summed E-state index contributed by atoms with van der Waals surface area (Å²) in [5.74, 6) is 0. The van der Waals surface area contributed by atoms with Gasteiger partial charge in [0.25, 0.3) is 0 Å². The number of fused-ring (bicyclic) bond motifs is 13. The lowest BCUT2D eigenvalue weighted by Crippen LogP contribution is -2.27. The van der Waals surface area contributed by atoms with Crippen LogP contribution in [0.2, 0.25) is 0 Å². The van der Waals surface area contributed by atoms with Crippen molar-refractivity contribution in [3.63, 3.8) is 0 Å². The maximum Gasteiger partial charge on any atom is 0.0722 e. The summed E-state index contributed by atoms with van der Waals surface area (Å²) in [6.45, 7) is 4.00. The van der Waals surface area contributed by atoms with Crippen molar-refractivity contribution in [2.75, 3.05) is 0 Å². The van der Waals surface area contributed by atoms with Crippen LogP contribution in [0.3, 0.4) is 0 Å². The van der Waals surface area contributed by atoms with Gasteiger partial charge in [-0.2, -0.15) is 0 Å². The van der Waals surface area contributed by atoms with E-state index in [0.29, 0.717) is 0 Å². The molecule has 3 aliphatic carbocycles. The fourth-order valence-electron chi connectivity index (χ4n) is 9.77. The Kier molecular flexibility index (Phi) is 6.76. The van der Waals surface area contributed by atoms with Crippen LogP contribution in [0, 0.1) is 0 Å². The van der Waals surface area contributed by atoms with Gasteiger partial charge in [-0.05, 0) is 118 Å². The second-order valence-corrected chi connectivity index (χ2v) is 13.8. The quantitative estimate of drug-likeness (QED) is 0.163. The molecule has 1 atom stereocenters. The van der Waals surface area contributed by atoms with Crippen LogP contribution in [0.4, 0.5) is 0 Å². The maximum absolute atomic E-state index is 2.60. The van der Waals surface area contributed by atoms with E-state index in [0.717, 1.165) is 12.8 Å². The number of benzene rings is 8.